The second-order valence-electron chi connectivity index (χ2n) is 7.28. The number of carbonyl (C=O) groups excluding carboxylic acids is 2. The predicted molar refractivity (Wildman–Crippen MR) is 98.4 cm³/mol. The number of aliphatic carboxylic acids is 1. The number of aliphatic hydroxyl groups is 1. The van der Waals surface area contributed by atoms with Crippen molar-refractivity contribution in [2.45, 2.75) is 64.5 Å². The Bertz CT molecular complexity index is 518. The van der Waals surface area contributed by atoms with Crippen LogP contribution in [0.5, 0.6) is 0 Å². The van der Waals surface area contributed by atoms with Crippen LogP contribution in [0.1, 0.15) is 52.4 Å². The molecule has 0 aromatic heterocycles. The van der Waals surface area contributed by atoms with Crippen LogP contribution in [-0.2, 0) is 14.4 Å². The van der Waals surface area contributed by atoms with Crippen LogP contribution in [0.4, 0.5) is 0 Å². The number of nitrogens with one attached hydrogen (secondary N) is 1. The van der Waals surface area contributed by atoms with Crippen molar-refractivity contribution in [3.05, 3.63) is 12.2 Å². The molecule has 0 saturated carbocycles. The summed E-state index contributed by atoms with van der Waals surface area (Å²) in [6.07, 6.45) is 6.66. The molecule has 1 rings (SSSR count). The number of hydrogen-bond donors (Lipinski definition) is 3. The molecule has 0 radical (unpaired) electrons. The first-order valence-corrected chi connectivity index (χ1v) is 9.37. The number of aliphatic hydroxyl groups excluding tert-OH is 1. The van der Waals surface area contributed by atoms with Crippen molar-refractivity contribution in [1.82, 2.24) is 10.2 Å². The lowest BCUT2D eigenvalue weighted by Gasteiger charge is -2.29. The van der Waals surface area contributed by atoms with E-state index in [1.807, 2.05) is 19.9 Å². The molecule has 0 bridgehead atoms. The summed E-state index contributed by atoms with van der Waals surface area (Å²) in [5.41, 5.74) is 0. The monoisotopic (exact) mass is 368 g/mol. The average Bonchev–Trinajstić information content (AvgIpc) is 2.59. The highest BCUT2D eigenvalue weighted by atomic mass is 16.4. The number of rotatable bonds is 3. The molecule has 0 saturated heterocycles. The van der Waals surface area contributed by atoms with Crippen LogP contribution < -0.4 is 5.32 Å². The van der Waals surface area contributed by atoms with Gasteiger partial charge in [-0.3, -0.25) is 9.59 Å². The van der Waals surface area contributed by atoms with E-state index in [0.717, 1.165) is 25.7 Å². The lowest BCUT2D eigenvalue weighted by molar-refractivity contribution is -0.154. The van der Waals surface area contributed by atoms with Gasteiger partial charge in [0.2, 0.25) is 11.8 Å². The molecule has 148 valence electrons. The number of carboxylic acids is 1. The molecule has 3 N–H and O–H groups in total. The first-order valence-electron chi connectivity index (χ1n) is 9.37. The van der Waals surface area contributed by atoms with Crippen LogP contribution in [0, 0.1) is 11.8 Å². The van der Waals surface area contributed by atoms with E-state index in [4.69, 9.17) is 5.11 Å². The van der Waals surface area contributed by atoms with Crippen molar-refractivity contribution >= 4 is 17.8 Å². The van der Waals surface area contributed by atoms with Gasteiger partial charge >= 0.3 is 5.97 Å². The Balaban J connectivity index is 3.02. The average molecular weight is 368 g/mol. The number of amides is 2. The van der Waals surface area contributed by atoms with E-state index in [0.29, 0.717) is 13.0 Å². The zero-order chi connectivity index (χ0) is 19.7. The van der Waals surface area contributed by atoms with Gasteiger partial charge in [0.15, 0.2) is 6.10 Å². The molecule has 1 aliphatic rings. The zero-order valence-corrected chi connectivity index (χ0v) is 16.0. The lowest BCUT2D eigenvalue weighted by atomic mass is 9.93. The van der Waals surface area contributed by atoms with Gasteiger partial charge in [0.05, 0.1) is 5.92 Å². The zero-order valence-electron chi connectivity index (χ0n) is 16.0. The van der Waals surface area contributed by atoms with E-state index in [9.17, 15) is 19.5 Å². The molecular formula is C19H32N2O5. The summed E-state index contributed by atoms with van der Waals surface area (Å²) in [6, 6.07) is -0.737. The highest BCUT2D eigenvalue weighted by molar-refractivity contribution is 5.91. The van der Waals surface area contributed by atoms with Gasteiger partial charge < -0.3 is 20.4 Å². The normalized spacial score (nSPS) is 25.3. The first-order chi connectivity index (χ1) is 12.3. The van der Waals surface area contributed by atoms with Gasteiger partial charge in [-0.1, -0.05) is 26.0 Å². The number of likely N-dealkylation sites (N-methyl/N-ethyl adjacent to an activating group) is 1. The number of hydrogen-bond acceptors (Lipinski definition) is 4. The van der Waals surface area contributed by atoms with Crippen LogP contribution in [0.3, 0.4) is 0 Å². The molecule has 7 heteroatoms. The van der Waals surface area contributed by atoms with Crippen molar-refractivity contribution in [3.63, 3.8) is 0 Å². The third-order valence-electron chi connectivity index (χ3n) is 4.74. The van der Waals surface area contributed by atoms with E-state index in [1.54, 1.807) is 11.9 Å². The predicted octanol–water partition coefficient (Wildman–Crippen LogP) is 1.56. The van der Waals surface area contributed by atoms with Gasteiger partial charge in [0, 0.05) is 13.6 Å². The summed E-state index contributed by atoms with van der Waals surface area (Å²) in [4.78, 5) is 38.1. The van der Waals surface area contributed by atoms with E-state index >= 15 is 0 Å². The summed E-state index contributed by atoms with van der Waals surface area (Å²) in [6.45, 7) is 4.27. The Kier molecular flexibility index (Phi) is 9.34. The summed E-state index contributed by atoms with van der Waals surface area (Å²) in [5, 5.41) is 21.7. The van der Waals surface area contributed by atoms with Gasteiger partial charge in [-0.2, -0.15) is 0 Å². The van der Waals surface area contributed by atoms with E-state index in [-0.39, 0.29) is 18.2 Å². The van der Waals surface area contributed by atoms with Crippen LogP contribution in [0.15, 0.2) is 12.2 Å². The Morgan fingerprint density at radius 2 is 1.81 bits per heavy atom. The molecule has 0 unspecified atom stereocenters. The fraction of sp³-hybridized carbons (Fsp3) is 0.737. The fourth-order valence-corrected chi connectivity index (χ4v) is 3.03. The smallest absolute Gasteiger partial charge is 0.333 e. The lowest BCUT2D eigenvalue weighted by Crippen LogP contribution is -2.53. The SMILES string of the molecule is CC(C)[C@@H]1NC(=O)[C@@H]([C@H](O)C(=O)O)CCCC=CCCCCN(C)C1=O. The minimum atomic E-state index is -1.78. The van der Waals surface area contributed by atoms with Crippen molar-refractivity contribution in [1.29, 1.82) is 0 Å². The fourth-order valence-electron chi connectivity index (χ4n) is 3.03. The Morgan fingerprint density at radius 1 is 1.19 bits per heavy atom. The van der Waals surface area contributed by atoms with Gasteiger partial charge in [-0.15, -0.1) is 0 Å². The van der Waals surface area contributed by atoms with Crippen LogP contribution in [0.2, 0.25) is 0 Å². The topological polar surface area (TPSA) is 107 Å². The summed E-state index contributed by atoms with van der Waals surface area (Å²) >= 11 is 0. The highest BCUT2D eigenvalue weighted by Crippen LogP contribution is 2.17. The van der Waals surface area contributed by atoms with Crippen LogP contribution in [0.25, 0.3) is 0 Å². The number of carboxylic acid groups (broad SMARTS) is 1. The second-order valence-corrected chi connectivity index (χ2v) is 7.28. The highest BCUT2D eigenvalue weighted by Gasteiger charge is 2.35. The molecule has 1 aliphatic heterocycles. The van der Waals surface area contributed by atoms with Crippen molar-refractivity contribution in [3.8, 4) is 0 Å². The Labute approximate surface area is 155 Å². The minimum Gasteiger partial charge on any atom is -0.479 e. The standard InChI is InChI=1S/C19H32N2O5/c1-13(2)15-18(24)21(3)12-10-8-6-4-5-7-9-11-14(17(23)20-15)16(22)19(25)26/h4-5,13-16,22H,6-12H2,1-3H3,(H,20,23)(H,25,26)/t14-,15+,16+/m1/s1. The quantitative estimate of drug-likeness (QED) is 0.655. The largest absolute Gasteiger partial charge is 0.479 e. The first kappa shape index (κ1) is 22.2. The van der Waals surface area contributed by atoms with Gasteiger partial charge in [0.25, 0.3) is 0 Å². The number of carbonyl (C=O) groups is 3. The van der Waals surface area contributed by atoms with Crippen LogP contribution >= 0.6 is 0 Å². The number of nitrogens with zero attached hydrogens (tertiary/aromatic N) is 1. The van der Waals surface area contributed by atoms with Crippen molar-refractivity contribution < 1.29 is 24.6 Å². The summed E-state index contributed by atoms with van der Waals surface area (Å²) < 4.78 is 0. The molecule has 26 heavy (non-hydrogen) atoms. The van der Waals surface area contributed by atoms with E-state index in [1.165, 1.54) is 0 Å². The maximum absolute atomic E-state index is 12.7. The molecule has 0 aromatic carbocycles. The maximum atomic E-state index is 12.7. The van der Waals surface area contributed by atoms with E-state index < -0.39 is 29.9 Å². The van der Waals surface area contributed by atoms with Crippen molar-refractivity contribution in [2.24, 2.45) is 11.8 Å². The molecule has 0 spiro atoms. The van der Waals surface area contributed by atoms with Gasteiger partial charge in [-0.25, -0.2) is 4.79 Å². The molecule has 0 aliphatic carbocycles. The Morgan fingerprint density at radius 3 is 2.38 bits per heavy atom. The van der Waals surface area contributed by atoms with Crippen molar-refractivity contribution in [2.75, 3.05) is 13.6 Å². The second kappa shape index (κ2) is 11.0. The Hall–Kier alpha value is -1.89. The van der Waals surface area contributed by atoms with Gasteiger partial charge in [0.1, 0.15) is 6.04 Å². The third kappa shape index (κ3) is 6.78. The number of allylic oxidation sites excluding steroid dienone is 2. The van der Waals surface area contributed by atoms with Crippen LogP contribution in [-0.4, -0.2) is 58.6 Å². The van der Waals surface area contributed by atoms with E-state index in [2.05, 4.69) is 11.4 Å². The molecular weight excluding hydrogens is 336 g/mol. The third-order valence-corrected chi connectivity index (χ3v) is 4.74. The molecule has 1 heterocycles. The van der Waals surface area contributed by atoms with Gasteiger partial charge in [-0.05, 0) is 44.4 Å². The molecule has 0 fully saturated rings. The molecule has 3 atom stereocenters. The minimum absolute atomic E-state index is 0.145. The molecule has 7 nitrogen and oxygen atoms in total. The summed E-state index contributed by atoms with van der Waals surface area (Å²) in [7, 11) is 1.71. The molecule has 0 aromatic rings. The maximum Gasteiger partial charge on any atom is 0.333 e. The summed E-state index contributed by atoms with van der Waals surface area (Å²) in [5.74, 6) is -3.43. The molecule has 2 amide bonds.